The first-order chi connectivity index (χ1) is 11.1. The molecule has 0 bridgehead atoms. The fourth-order valence-electron chi connectivity index (χ4n) is 2.12. The lowest BCUT2D eigenvalue weighted by atomic mass is 10.1. The van der Waals surface area contributed by atoms with Crippen molar-refractivity contribution in [2.45, 2.75) is 26.0 Å². The topological polar surface area (TPSA) is 68.9 Å². The van der Waals surface area contributed by atoms with Crippen LogP contribution in [0.4, 0.5) is 0 Å². The molecule has 1 atom stereocenters. The van der Waals surface area contributed by atoms with Crippen molar-refractivity contribution >= 4 is 22.1 Å². The summed E-state index contributed by atoms with van der Waals surface area (Å²) in [5.41, 5.74) is 4.92. The summed E-state index contributed by atoms with van der Waals surface area (Å²) in [5.74, 6) is 1.82. The predicted octanol–water partition coefficient (Wildman–Crippen LogP) is 3.30. The number of aryl methyl sites for hydroxylation is 3. The van der Waals surface area contributed by atoms with Gasteiger partial charge in [0.15, 0.2) is 0 Å². The molecule has 0 N–H and O–H groups in total. The number of nitrogens with zero attached hydrogens (tertiary/aromatic N) is 3. The number of hydrogen-bond donors (Lipinski definition) is 0. The molecule has 0 aliphatic rings. The van der Waals surface area contributed by atoms with Gasteiger partial charge in [-0.15, -0.1) is 11.3 Å². The first kappa shape index (κ1) is 16.0. The van der Waals surface area contributed by atoms with Crippen LogP contribution in [0, 0.1) is 13.8 Å². The van der Waals surface area contributed by atoms with Crippen LogP contribution in [0.2, 0.25) is 0 Å². The van der Waals surface area contributed by atoms with Crippen LogP contribution in [-0.2, 0) is 23.0 Å². The number of hydrogen-bond acceptors (Lipinski definition) is 6. The summed E-state index contributed by atoms with van der Waals surface area (Å²) in [5, 5.41) is 3.96. The lowest BCUT2D eigenvalue weighted by molar-refractivity contribution is 0.390. The van der Waals surface area contributed by atoms with Gasteiger partial charge in [-0.3, -0.25) is 4.21 Å². The third-order valence-electron chi connectivity index (χ3n) is 3.46. The van der Waals surface area contributed by atoms with Crippen LogP contribution in [-0.4, -0.2) is 25.1 Å². The average Bonchev–Trinajstić information content (AvgIpc) is 3.15. The first-order valence-electron chi connectivity index (χ1n) is 7.25. The van der Waals surface area contributed by atoms with Crippen LogP contribution in [0.15, 0.2) is 34.3 Å². The van der Waals surface area contributed by atoms with E-state index in [9.17, 15) is 4.21 Å². The molecule has 0 saturated carbocycles. The number of thiazole rings is 1. The molecule has 5 nitrogen and oxygen atoms in total. The highest BCUT2D eigenvalue weighted by atomic mass is 32.2. The third kappa shape index (κ3) is 4.11. The van der Waals surface area contributed by atoms with Crippen LogP contribution in [0.1, 0.15) is 22.0 Å². The van der Waals surface area contributed by atoms with Gasteiger partial charge in [0.25, 0.3) is 0 Å². The summed E-state index contributed by atoms with van der Waals surface area (Å²) >= 11 is 1.60. The zero-order chi connectivity index (χ0) is 16.2. The van der Waals surface area contributed by atoms with Crippen molar-refractivity contribution in [2.75, 3.05) is 5.75 Å². The van der Waals surface area contributed by atoms with Crippen LogP contribution >= 0.6 is 11.3 Å². The van der Waals surface area contributed by atoms with Gasteiger partial charge < -0.3 is 4.52 Å². The molecule has 3 rings (SSSR count). The highest BCUT2D eigenvalue weighted by Gasteiger charge is 2.12. The summed E-state index contributed by atoms with van der Waals surface area (Å²) < 4.78 is 17.4. The van der Waals surface area contributed by atoms with E-state index in [0.717, 1.165) is 17.7 Å². The van der Waals surface area contributed by atoms with E-state index in [1.54, 1.807) is 11.3 Å². The van der Waals surface area contributed by atoms with E-state index in [-0.39, 0.29) is 5.75 Å². The molecule has 0 saturated heterocycles. The number of rotatable bonds is 6. The molecule has 0 radical (unpaired) electrons. The summed E-state index contributed by atoms with van der Waals surface area (Å²) in [6.07, 6.45) is 0.766. The number of benzene rings is 1. The van der Waals surface area contributed by atoms with Gasteiger partial charge in [-0.1, -0.05) is 35.0 Å². The Bertz CT molecular complexity index is 809. The van der Waals surface area contributed by atoms with Crippen LogP contribution in [0.5, 0.6) is 0 Å². The van der Waals surface area contributed by atoms with Crippen molar-refractivity contribution in [1.82, 2.24) is 15.1 Å². The molecule has 0 spiro atoms. The average molecular weight is 347 g/mol. The maximum atomic E-state index is 12.2. The second-order valence-corrected chi connectivity index (χ2v) is 7.79. The zero-order valence-electron chi connectivity index (χ0n) is 13.0. The van der Waals surface area contributed by atoms with E-state index >= 15 is 0 Å². The molecule has 7 heteroatoms. The quantitative estimate of drug-likeness (QED) is 0.684. The molecule has 0 aliphatic carbocycles. The molecule has 0 aliphatic heterocycles. The second-order valence-electron chi connectivity index (χ2n) is 5.28. The fourth-order valence-corrected chi connectivity index (χ4v) is 4.00. The molecular formula is C16H17N3O2S2. The second kappa shape index (κ2) is 7.14. The SMILES string of the molecule is Cc1ccc(-c2noc(C[S@@](=O)CCc3scnc3C)n2)cc1. The van der Waals surface area contributed by atoms with E-state index in [2.05, 4.69) is 15.1 Å². The van der Waals surface area contributed by atoms with Gasteiger partial charge in [-0.25, -0.2) is 4.98 Å². The smallest absolute Gasteiger partial charge is 0.239 e. The Kier molecular flexibility index (Phi) is 4.97. The third-order valence-corrected chi connectivity index (χ3v) is 5.69. The minimum absolute atomic E-state index is 0.288. The van der Waals surface area contributed by atoms with Crippen LogP contribution < -0.4 is 0 Å². The molecule has 3 aromatic rings. The standard InChI is InChI=1S/C16H17N3O2S2/c1-11-3-5-13(6-4-11)16-18-15(21-19-16)9-23(20)8-7-14-12(2)17-10-22-14/h3-6,10H,7-9H2,1-2H3/t23-/m0/s1. The van der Waals surface area contributed by atoms with E-state index in [0.29, 0.717) is 17.5 Å². The van der Waals surface area contributed by atoms with E-state index in [4.69, 9.17) is 4.52 Å². The number of aromatic nitrogens is 3. The van der Waals surface area contributed by atoms with Gasteiger partial charge in [0.05, 0.1) is 11.2 Å². The summed E-state index contributed by atoms with van der Waals surface area (Å²) in [7, 11) is -1.03. The van der Waals surface area contributed by atoms with E-state index in [1.165, 1.54) is 10.4 Å². The largest absolute Gasteiger partial charge is 0.338 e. The van der Waals surface area contributed by atoms with Crippen molar-refractivity contribution < 1.29 is 8.73 Å². The van der Waals surface area contributed by atoms with Crippen molar-refractivity contribution in [2.24, 2.45) is 0 Å². The molecule has 0 unspecified atom stereocenters. The van der Waals surface area contributed by atoms with E-state index < -0.39 is 10.8 Å². The zero-order valence-corrected chi connectivity index (χ0v) is 14.6. The Balaban J connectivity index is 1.59. The van der Waals surface area contributed by atoms with Crippen LogP contribution in [0.3, 0.4) is 0 Å². The lowest BCUT2D eigenvalue weighted by Crippen LogP contribution is -2.04. The summed E-state index contributed by atoms with van der Waals surface area (Å²) in [6.45, 7) is 4.00. The first-order valence-corrected chi connectivity index (χ1v) is 9.62. The van der Waals surface area contributed by atoms with Crippen molar-refractivity contribution in [3.05, 3.63) is 51.8 Å². The molecule has 120 valence electrons. The minimum atomic E-state index is -1.03. The Morgan fingerprint density at radius 1 is 1.22 bits per heavy atom. The normalized spacial score (nSPS) is 12.4. The predicted molar refractivity (Wildman–Crippen MR) is 91.7 cm³/mol. The molecular weight excluding hydrogens is 330 g/mol. The van der Waals surface area contributed by atoms with Gasteiger partial charge in [0.2, 0.25) is 11.7 Å². The van der Waals surface area contributed by atoms with Gasteiger partial charge in [-0.05, 0) is 20.3 Å². The summed E-state index contributed by atoms with van der Waals surface area (Å²) in [4.78, 5) is 9.72. The monoisotopic (exact) mass is 347 g/mol. The lowest BCUT2D eigenvalue weighted by Gasteiger charge is -1.98. The fraction of sp³-hybridized carbons (Fsp3) is 0.312. The van der Waals surface area contributed by atoms with Gasteiger partial charge in [0, 0.05) is 27.0 Å². The van der Waals surface area contributed by atoms with E-state index in [1.807, 2.05) is 43.6 Å². The van der Waals surface area contributed by atoms with Crippen molar-refractivity contribution in [3.63, 3.8) is 0 Å². The Labute approximate surface area is 141 Å². The van der Waals surface area contributed by atoms with Crippen LogP contribution in [0.25, 0.3) is 11.4 Å². The van der Waals surface area contributed by atoms with Crippen molar-refractivity contribution in [1.29, 1.82) is 0 Å². The van der Waals surface area contributed by atoms with Gasteiger partial charge >= 0.3 is 0 Å². The minimum Gasteiger partial charge on any atom is -0.338 e. The maximum Gasteiger partial charge on any atom is 0.239 e. The molecule has 23 heavy (non-hydrogen) atoms. The Morgan fingerprint density at radius 2 is 2.00 bits per heavy atom. The Hall–Kier alpha value is -1.86. The highest BCUT2D eigenvalue weighted by molar-refractivity contribution is 7.84. The molecule has 2 aromatic heterocycles. The molecule has 0 amide bonds. The maximum absolute atomic E-state index is 12.2. The summed E-state index contributed by atoms with van der Waals surface area (Å²) in [6, 6.07) is 7.91. The molecule has 2 heterocycles. The van der Waals surface area contributed by atoms with Crippen molar-refractivity contribution in [3.8, 4) is 11.4 Å². The highest BCUT2D eigenvalue weighted by Crippen LogP contribution is 2.17. The molecule has 0 fully saturated rings. The molecule has 1 aromatic carbocycles. The Morgan fingerprint density at radius 3 is 2.70 bits per heavy atom. The van der Waals surface area contributed by atoms with Gasteiger partial charge in [0.1, 0.15) is 5.75 Å². The van der Waals surface area contributed by atoms with Gasteiger partial charge in [-0.2, -0.15) is 4.98 Å².